The van der Waals surface area contributed by atoms with E-state index in [0.717, 1.165) is 56.1 Å². The Morgan fingerprint density at radius 2 is 1.96 bits per heavy atom. The van der Waals surface area contributed by atoms with Gasteiger partial charge in [-0.15, -0.1) is 0 Å². The molecule has 1 N–H and O–H groups in total. The monoisotopic (exact) mass is 384 g/mol. The maximum absolute atomic E-state index is 10.8. The number of ether oxygens (including phenoxy) is 1. The Hall–Kier alpha value is -1.76. The molecule has 2 aliphatic heterocycles. The largest absolute Gasteiger partial charge is 0.388 e. The Kier molecular flexibility index (Phi) is 5.80. The first-order valence-corrected chi connectivity index (χ1v) is 10.5. The number of aromatic nitrogens is 3. The third-order valence-corrected chi connectivity index (χ3v) is 6.48. The van der Waals surface area contributed by atoms with Crippen molar-refractivity contribution in [3.05, 3.63) is 35.9 Å². The summed E-state index contributed by atoms with van der Waals surface area (Å²) in [4.78, 5) is 11.4. The van der Waals surface area contributed by atoms with E-state index < -0.39 is 5.60 Å². The molecule has 4 heterocycles. The van der Waals surface area contributed by atoms with E-state index in [9.17, 15) is 5.11 Å². The van der Waals surface area contributed by atoms with Crippen LogP contribution < -0.4 is 0 Å². The number of likely N-dealkylation sites (tertiary alicyclic amines) is 1. The van der Waals surface area contributed by atoms with Crippen LogP contribution in [0.25, 0.3) is 11.4 Å². The molecule has 2 saturated heterocycles. The fourth-order valence-corrected chi connectivity index (χ4v) is 4.49. The number of β-amino-alcohol motifs (C(OH)–C–C–N with tert-alkyl or cyclic N) is 1. The first-order valence-electron chi connectivity index (χ1n) is 10.5. The summed E-state index contributed by atoms with van der Waals surface area (Å²) in [5.41, 5.74) is 2.87. The van der Waals surface area contributed by atoms with E-state index in [0.29, 0.717) is 19.1 Å². The molecule has 0 saturated carbocycles. The fourth-order valence-electron chi connectivity index (χ4n) is 4.49. The second-order valence-electron chi connectivity index (χ2n) is 8.56. The second-order valence-corrected chi connectivity index (χ2v) is 8.56. The molecule has 0 aromatic carbocycles. The van der Waals surface area contributed by atoms with Crippen molar-refractivity contribution in [1.82, 2.24) is 19.4 Å². The van der Waals surface area contributed by atoms with Crippen LogP contribution in [0.5, 0.6) is 0 Å². The van der Waals surface area contributed by atoms with Gasteiger partial charge < -0.3 is 19.3 Å². The van der Waals surface area contributed by atoms with Crippen LogP contribution in [0.15, 0.2) is 24.5 Å². The molecule has 0 unspecified atom stereocenters. The quantitative estimate of drug-likeness (QED) is 0.858. The minimum atomic E-state index is -0.549. The van der Waals surface area contributed by atoms with Crippen molar-refractivity contribution in [2.45, 2.75) is 44.6 Å². The molecule has 0 atom stereocenters. The Balaban J connectivity index is 1.32. The van der Waals surface area contributed by atoms with Crippen LogP contribution in [0.2, 0.25) is 0 Å². The van der Waals surface area contributed by atoms with Gasteiger partial charge in [0.05, 0.1) is 23.2 Å². The van der Waals surface area contributed by atoms with E-state index in [1.165, 1.54) is 18.4 Å². The molecule has 0 aliphatic carbocycles. The Labute approximate surface area is 167 Å². The molecule has 0 radical (unpaired) electrons. The van der Waals surface area contributed by atoms with E-state index in [1.54, 1.807) is 0 Å². The standard InChI is InChI=1S/C22H32N4O2/c1-17-24-15-21(25(17)2)20-14-19(3-8-23-20)13-18-4-9-26(10-5-18)16-22(27)6-11-28-12-7-22/h3,8,14-15,18,27H,4-7,9-13,16H2,1-2H3. The van der Waals surface area contributed by atoms with Crippen molar-refractivity contribution in [3.63, 3.8) is 0 Å². The van der Waals surface area contributed by atoms with Crippen molar-refractivity contribution in [2.75, 3.05) is 32.8 Å². The van der Waals surface area contributed by atoms with E-state index in [2.05, 4.69) is 31.6 Å². The molecule has 0 bridgehead atoms. The zero-order chi connectivity index (χ0) is 19.6. The number of hydrogen-bond acceptors (Lipinski definition) is 5. The molecule has 28 heavy (non-hydrogen) atoms. The Morgan fingerprint density at radius 1 is 1.21 bits per heavy atom. The molecule has 2 fully saturated rings. The predicted molar refractivity (Wildman–Crippen MR) is 109 cm³/mol. The zero-order valence-electron chi connectivity index (χ0n) is 17.1. The highest BCUT2D eigenvalue weighted by atomic mass is 16.5. The summed E-state index contributed by atoms with van der Waals surface area (Å²) in [5.74, 6) is 1.70. The zero-order valence-corrected chi connectivity index (χ0v) is 17.1. The van der Waals surface area contributed by atoms with Crippen molar-refractivity contribution in [1.29, 1.82) is 0 Å². The summed E-state index contributed by atoms with van der Waals surface area (Å²) in [6.45, 7) is 6.33. The van der Waals surface area contributed by atoms with Gasteiger partial charge in [0.25, 0.3) is 0 Å². The highest BCUT2D eigenvalue weighted by Gasteiger charge is 2.33. The van der Waals surface area contributed by atoms with Crippen LogP contribution in [0.1, 0.15) is 37.1 Å². The van der Waals surface area contributed by atoms with Crippen molar-refractivity contribution in [2.24, 2.45) is 13.0 Å². The van der Waals surface area contributed by atoms with Gasteiger partial charge in [0.15, 0.2) is 0 Å². The SMILES string of the molecule is Cc1ncc(-c2cc(CC3CCN(CC4(O)CCOCC4)CC3)ccn2)n1C. The number of nitrogens with zero attached hydrogens (tertiary/aromatic N) is 4. The summed E-state index contributed by atoms with van der Waals surface area (Å²) in [6, 6.07) is 4.36. The van der Waals surface area contributed by atoms with Crippen LogP contribution >= 0.6 is 0 Å². The highest BCUT2D eigenvalue weighted by molar-refractivity contribution is 5.55. The first kappa shape index (κ1) is 19.6. The van der Waals surface area contributed by atoms with Gasteiger partial charge >= 0.3 is 0 Å². The molecule has 6 nitrogen and oxygen atoms in total. The van der Waals surface area contributed by atoms with Gasteiger partial charge in [0.2, 0.25) is 0 Å². The van der Waals surface area contributed by atoms with Crippen molar-refractivity contribution < 1.29 is 9.84 Å². The summed E-state index contributed by atoms with van der Waals surface area (Å²) in [5, 5.41) is 10.8. The average molecular weight is 385 g/mol. The van der Waals surface area contributed by atoms with Gasteiger partial charge in [-0.3, -0.25) is 4.98 Å². The Bertz CT molecular complexity index is 790. The van der Waals surface area contributed by atoms with Gasteiger partial charge in [-0.2, -0.15) is 0 Å². The van der Waals surface area contributed by atoms with Crippen molar-refractivity contribution >= 4 is 0 Å². The fraction of sp³-hybridized carbons (Fsp3) is 0.636. The highest BCUT2D eigenvalue weighted by Crippen LogP contribution is 2.27. The van der Waals surface area contributed by atoms with E-state index in [1.807, 2.05) is 26.4 Å². The van der Waals surface area contributed by atoms with Crippen LogP contribution in [0.4, 0.5) is 0 Å². The van der Waals surface area contributed by atoms with Gasteiger partial charge in [-0.05, 0) is 62.9 Å². The molecule has 2 aromatic rings. The maximum Gasteiger partial charge on any atom is 0.105 e. The minimum Gasteiger partial charge on any atom is -0.388 e. The molecule has 152 valence electrons. The summed E-state index contributed by atoms with van der Waals surface area (Å²) >= 11 is 0. The Morgan fingerprint density at radius 3 is 2.64 bits per heavy atom. The topological polar surface area (TPSA) is 63.4 Å². The van der Waals surface area contributed by atoms with E-state index >= 15 is 0 Å². The summed E-state index contributed by atoms with van der Waals surface area (Å²) in [6.07, 6.45) is 8.83. The molecule has 0 spiro atoms. The molecule has 0 amide bonds. The molecular formula is C22H32N4O2. The van der Waals surface area contributed by atoms with E-state index in [-0.39, 0.29) is 0 Å². The minimum absolute atomic E-state index is 0.549. The number of piperidine rings is 1. The number of aryl methyl sites for hydroxylation is 1. The molecule has 2 aromatic heterocycles. The molecule has 6 heteroatoms. The second kappa shape index (κ2) is 8.31. The van der Waals surface area contributed by atoms with E-state index in [4.69, 9.17) is 4.74 Å². The van der Waals surface area contributed by atoms with Gasteiger partial charge in [-0.25, -0.2) is 4.98 Å². The number of rotatable bonds is 5. The predicted octanol–water partition coefficient (Wildman–Crippen LogP) is 2.59. The van der Waals surface area contributed by atoms with Crippen LogP contribution in [-0.2, 0) is 18.2 Å². The third-order valence-electron chi connectivity index (χ3n) is 6.48. The van der Waals surface area contributed by atoms with Crippen LogP contribution in [0, 0.1) is 12.8 Å². The molecule has 4 rings (SSSR count). The van der Waals surface area contributed by atoms with Crippen LogP contribution in [-0.4, -0.2) is 63.0 Å². The normalized spacial score (nSPS) is 21.1. The van der Waals surface area contributed by atoms with Gasteiger partial charge in [0.1, 0.15) is 5.82 Å². The average Bonchev–Trinajstić information content (AvgIpc) is 3.03. The van der Waals surface area contributed by atoms with Crippen LogP contribution in [0.3, 0.4) is 0 Å². The van der Waals surface area contributed by atoms with Gasteiger partial charge in [-0.1, -0.05) is 0 Å². The first-order chi connectivity index (χ1) is 13.5. The number of pyridine rings is 1. The molecule has 2 aliphatic rings. The lowest BCUT2D eigenvalue weighted by Gasteiger charge is -2.40. The smallest absolute Gasteiger partial charge is 0.105 e. The number of imidazole rings is 1. The summed E-state index contributed by atoms with van der Waals surface area (Å²) < 4.78 is 7.49. The number of hydrogen-bond donors (Lipinski definition) is 1. The number of aliphatic hydroxyl groups is 1. The third kappa shape index (κ3) is 4.45. The summed E-state index contributed by atoms with van der Waals surface area (Å²) in [7, 11) is 2.04. The van der Waals surface area contributed by atoms with Gasteiger partial charge in [0, 0.05) is 45.8 Å². The maximum atomic E-state index is 10.8. The molecular weight excluding hydrogens is 352 g/mol. The lowest BCUT2D eigenvalue weighted by atomic mass is 9.88. The lowest BCUT2D eigenvalue weighted by Crippen LogP contribution is -2.49. The van der Waals surface area contributed by atoms with Crippen molar-refractivity contribution in [3.8, 4) is 11.4 Å². The lowest BCUT2D eigenvalue weighted by molar-refractivity contribution is -0.0829.